The third kappa shape index (κ3) is 3.73. The van der Waals surface area contributed by atoms with Crippen LogP contribution in [-0.2, 0) is 16.1 Å². The highest BCUT2D eigenvalue weighted by atomic mass is 16.5. The van der Waals surface area contributed by atoms with Crippen LogP contribution in [0.25, 0.3) is 0 Å². The average Bonchev–Trinajstić information content (AvgIpc) is 2.61. The third-order valence-corrected chi connectivity index (χ3v) is 5.35. The molecule has 1 amide bonds. The van der Waals surface area contributed by atoms with E-state index in [1.165, 1.54) is 5.56 Å². The van der Waals surface area contributed by atoms with Gasteiger partial charge in [0.1, 0.15) is 5.75 Å². The Hall–Kier alpha value is -1.59. The minimum Gasteiger partial charge on any atom is -0.496 e. The highest BCUT2D eigenvalue weighted by Crippen LogP contribution is 2.32. The molecule has 5 nitrogen and oxygen atoms in total. The molecule has 3 rings (SSSR count). The molecule has 5 heteroatoms. The van der Waals surface area contributed by atoms with E-state index >= 15 is 0 Å². The fraction of sp³-hybridized carbons (Fsp3) is 0.632. The molecule has 2 aliphatic heterocycles. The monoisotopic (exact) mass is 332 g/mol. The maximum absolute atomic E-state index is 12.3. The number of hydrogen-bond donors (Lipinski definition) is 0. The molecule has 0 saturated carbocycles. The van der Waals surface area contributed by atoms with Gasteiger partial charge >= 0.3 is 0 Å². The van der Waals surface area contributed by atoms with Crippen molar-refractivity contribution in [3.05, 3.63) is 29.8 Å². The van der Waals surface area contributed by atoms with Gasteiger partial charge in [0.25, 0.3) is 0 Å². The number of rotatable bonds is 6. The topological polar surface area (TPSA) is 42.0 Å². The van der Waals surface area contributed by atoms with Gasteiger partial charge in [0.2, 0.25) is 5.91 Å². The summed E-state index contributed by atoms with van der Waals surface area (Å²) in [5.74, 6) is 1.83. The summed E-state index contributed by atoms with van der Waals surface area (Å²) in [6, 6.07) is 8.62. The van der Waals surface area contributed by atoms with E-state index in [1.54, 1.807) is 14.2 Å². The molecule has 24 heavy (non-hydrogen) atoms. The van der Waals surface area contributed by atoms with Gasteiger partial charge in [0.05, 0.1) is 13.7 Å². The van der Waals surface area contributed by atoms with Gasteiger partial charge in [-0.3, -0.25) is 9.69 Å². The number of nitrogens with zero attached hydrogens (tertiary/aromatic N) is 2. The Morgan fingerprint density at radius 3 is 2.83 bits per heavy atom. The summed E-state index contributed by atoms with van der Waals surface area (Å²) in [7, 11) is 3.42. The molecule has 0 unspecified atom stereocenters. The molecule has 0 N–H and O–H groups in total. The molecule has 132 valence electrons. The van der Waals surface area contributed by atoms with Crippen LogP contribution < -0.4 is 4.74 Å². The van der Waals surface area contributed by atoms with E-state index in [4.69, 9.17) is 9.47 Å². The summed E-state index contributed by atoms with van der Waals surface area (Å²) in [5, 5.41) is 0. The van der Waals surface area contributed by atoms with Crippen molar-refractivity contribution in [2.24, 2.45) is 5.92 Å². The van der Waals surface area contributed by atoms with Gasteiger partial charge in [-0.05, 0) is 24.8 Å². The fourth-order valence-corrected chi connectivity index (χ4v) is 4.12. The zero-order chi connectivity index (χ0) is 16.9. The molecular formula is C19H28N2O3. The SMILES string of the molecule is COCCN1C(=O)CC[C@@H]2CN(Cc3ccccc3OC)CC[C@@H]21. The van der Waals surface area contributed by atoms with E-state index < -0.39 is 0 Å². The first-order chi connectivity index (χ1) is 11.7. The summed E-state index contributed by atoms with van der Waals surface area (Å²) in [4.78, 5) is 16.8. The van der Waals surface area contributed by atoms with Gasteiger partial charge in [-0.25, -0.2) is 0 Å². The number of methoxy groups -OCH3 is 2. The van der Waals surface area contributed by atoms with E-state index in [0.717, 1.165) is 44.8 Å². The number of ether oxygens (including phenoxy) is 2. The lowest BCUT2D eigenvalue weighted by atomic mass is 9.83. The Kier molecular flexibility index (Phi) is 5.74. The molecule has 0 bridgehead atoms. The largest absolute Gasteiger partial charge is 0.496 e. The van der Waals surface area contributed by atoms with Crippen molar-refractivity contribution in [1.29, 1.82) is 0 Å². The second-order valence-electron chi connectivity index (χ2n) is 6.78. The number of carbonyl (C=O) groups is 1. The molecule has 0 aromatic heterocycles. The summed E-state index contributed by atoms with van der Waals surface area (Å²) in [6.07, 6.45) is 2.73. The zero-order valence-electron chi connectivity index (χ0n) is 14.7. The first kappa shape index (κ1) is 17.2. The number of fused-ring (bicyclic) bond motifs is 1. The van der Waals surface area contributed by atoms with Crippen LogP contribution in [0.1, 0.15) is 24.8 Å². The van der Waals surface area contributed by atoms with Crippen LogP contribution in [0.2, 0.25) is 0 Å². The molecule has 2 aliphatic rings. The number of benzene rings is 1. The summed E-state index contributed by atoms with van der Waals surface area (Å²) < 4.78 is 10.7. The standard InChI is InChI=1S/C19H28N2O3/c1-23-12-11-21-17-9-10-20(13-15(17)7-8-19(21)22)14-16-5-3-4-6-18(16)24-2/h3-6,15,17H,7-14H2,1-2H3/t15-,17+/m1/s1. The van der Waals surface area contributed by atoms with Crippen LogP contribution in [0.3, 0.4) is 0 Å². The van der Waals surface area contributed by atoms with Crippen molar-refractivity contribution in [1.82, 2.24) is 9.80 Å². The van der Waals surface area contributed by atoms with Crippen molar-refractivity contribution in [2.45, 2.75) is 31.8 Å². The van der Waals surface area contributed by atoms with Gasteiger partial charge in [-0.2, -0.15) is 0 Å². The van der Waals surface area contributed by atoms with Gasteiger partial charge < -0.3 is 14.4 Å². The normalized spacial score (nSPS) is 24.8. The minimum atomic E-state index is 0.298. The van der Waals surface area contributed by atoms with Crippen LogP contribution in [0.5, 0.6) is 5.75 Å². The van der Waals surface area contributed by atoms with E-state index in [-0.39, 0.29) is 0 Å². The lowest BCUT2D eigenvalue weighted by molar-refractivity contribution is -0.142. The number of carbonyl (C=O) groups excluding carboxylic acids is 1. The molecular weight excluding hydrogens is 304 g/mol. The molecule has 2 saturated heterocycles. The highest BCUT2D eigenvalue weighted by molar-refractivity contribution is 5.77. The quantitative estimate of drug-likeness (QED) is 0.800. The van der Waals surface area contributed by atoms with Gasteiger partial charge in [0.15, 0.2) is 0 Å². The first-order valence-electron chi connectivity index (χ1n) is 8.85. The van der Waals surface area contributed by atoms with Crippen LogP contribution in [0, 0.1) is 5.92 Å². The van der Waals surface area contributed by atoms with Crippen LogP contribution in [-0.4, -0.2) is 62.2 Å². The van der Waals surface area contributed by atoms with E-state index in [1.807, 2.05) is 12.1 Å². The van der Waals surface area contributed by atoms with Crippen molar-refractivity contribution in [3.8, 4) is 5.75 Å². The van der Waals surface area contributed by atoms with Crippen LogP contribution in [0.15, 0.2) is 24.3 Å². The Morgan fingerprint density at radius 2 is 2.04 bits per heavy atom. The van der Waals surface area contributed by atoms with Crippen LogP contribution >= 0.6 is 0 Å². The smallest absolute Gasteiger partial charge is 0.222 e. The minimum absolute atomic E-state index is 0.298. The van der Waals surface area contributed by atoms with Crippen molar-refractivity contribution in [2.75, 3.05) is 40.5 Å². The zero-order valence-corrected chi connectivity index (χ0v) is 14.7. The third-order valence-electron chi connectivity index (χ3n) is 5.35. The lowest BCUT2D eigenvalue weighted by Crippen LogP contribution is -2.56. The van der Waals surface area contributed by atoms with Gasteiger partial charge in [0, 0.05) is 51.3 Å². The highest BCUT2D eigenvalue weighted by Gasteiger charge is 2.38. The van der Waals surface area contributed by atoms with E-state index in [9.17, 15) is 4.79 Å². The Morgan fingerprint density at radius 1 is 1.21 bits per heavy atom. The second-order valence-corrected chi connectivity index (χ2v) is 6.78. The molecule has 2 fully saturated rings. The van der Waals surface area contributed by atoms with Crippen molar-refractivity contribution < 1.29 is 14.3 Å². The molecule has 1 aromatic rings. The Labute approximate surface area is 144 Å². The van der Waals surface area contributed by atoms with Crippen LogP contribution in [0.4, 0.5) is 0 Å². The first-order valence-corrected chi connectivity index (χ1v) is 8.85. The maximum atomic E-state index is 12.3. The number of amides is 1. The Bertz CT molecular complexity index is 563. The predicted octanol–water partition coefficient (Wildman–Crippen LogP) is 2.15. The average molecular weight is 332 g/mol. The lowest BCUT2D eigenvalue weighted by Gasteiger charge is -2.47. The fourth-order valence-electron chi connectivity index (χ4n) is 4.12. The summed E-state index contributed by atoms with van der Waals surface area (Å²) >= 11 is 0. The molecule has 2 heterocycles. The Balaban J connectivity index is 1.63. The molecule has 1 aromatic carbocycles. The number of para-hydroxylation sites is 1. The summed E-state index contributed by atoms with van der Waals surface area (Å²) in [5.41, 5.74) is 1.24. The van der Waals surface area contributed by atoms with E-state index in [0.29, 0.717) is 30.9 Å². The van der Waals surface area contributed by atoms with Gasteiger partial charge in [-0.1, -0.05) is 18.2 Å². The molecule has 0 aliphatic carbocycles. The van der Waals surface area contributed by atoms with Crippen molar-refractivity contribution >= 4 is 5.91 Å². The predicted molar refractivity (Wildman–Crippen MR) is 93.0 cm³/mol. The second kappa shape index (κ2) is 7.99. The number of hydrogen-bond acceptors (Lipinski definition) is 4. The molecule has 0 radical (unpaired) electrons. The molecule has 2 atom stereocenters. The maximum Gasteiger partial charge on any atom is 0.222 e. The molecule has 0 spiro atoms. The summed E-state index contributed by atoms with van der Waals surface area (Å²) in [6.45, 7) is 4.34. The van der Waals surface area contributed by atoms with Crippen molar-refractivity contribution in [3.63, 3.8) is 0 Å². The van der Waals surface area contributed by atoms with E-state index in [2.05, 4.69) is 21.9 Å². The van der Waals surface area contributed by atoms with Gasteiger partial charge in [-0.15, -0.1) is 0 Å². The number of piperidine rings is 2. The number of likely N-dealkylation sites (tertiary alicyclic amines) is 2.